The number of hydrogen-bond donors (Lipinski definition) is 2. The van der Waals surface area contributed by atoms with Gasteiger partial charge in [-0.15, -0.1) is 0 Å². The van der Waals surface area contributed by atoms with E-state index in [0.717, 1.165) is 37.9 Å². The van der Waals surface area contributed by atoms with E-state index in [9.17, 15) is 22.3 Å². The van der Waals surface area contributed by atoms with Crippen molar-refractivity contribution in [3.8, 4) is 0 Å². The molecule has 0 unspecified atom stereocenters. The quantitative estimate of drug-likeness (QED) is 0.817. The topological polar surface area (TPSA) is 69.6 Å². The van der Waals surface area contributed by atoms with E-state index in [1.807, 2.05) is 4.90 Å². The maximum Gasteiger partial charge on any atom is 0.240 e. The van der Waals surface area contributed by atoms with Crippen LogP contribution < -0.4 is 4.72 Å². The van der Waals surface area contributed by atoms with Crippen molar-refractivity contribution in [1.29, 1.82) is 0 Å². The number of hydrogen-bond acceptors (Lipinski definition) is 4. The number of aliphatic hydroxyl groups is 1. The van der Waals surface area contributed by atoms with Gasteiger partial charge in [0.15, 0.2) is 11.6 Å². The second-order valence-corrected chi connectivity index (χ2v) is 7.11. The van der Waals surface area contributed by atoms with Gasteiger partial charge in [-0.05, 0) is 37.6 Å². The molecule has 0 bridgehead atoms. The Labute approximate surface area is 129 Å². The molecule has 0 spiro atoms. The zero-order chi connectivity index (χ0) is 16.2. The first-order chi connectivity index (χ1) is 10.4. The monoisotopic (exact) mass is 334 g/mol. The van der Waals surface area contributed by atoms with Gasteiger partial charge in [0.1, 0.15) is 0 Å². The number of nitrogens with one attached hydrogen (secondary N) is 1. The molecule has 1 heterocycles. The van der Waals surface area contributed by atoms with Crippen molar-refractivity contribution in [1.82, 2.24) is 9.62 Å². The van der Waals surface area contributed by atoms with Crippen LogP contribution in [0, 0.1) is 11.6 Å². The average Bonchev–Trinajstić information content (AvgIpc) is 2.50. The maximum absolute atomic E-state index is 13.1. The lowest BCUT2D eigenvalue weighted by molar-refractivity contribution is 0.0923. The van der Waals surface area contributed by atoms with Crippen molar-refractivity contribution in [3.05, 3.63) is 29.8 Å². The summed E-state index contributed by atoms with van der Waals surface area (Å²) in [6.45, 7) is 1.49. The van der Waals surface area contributed by atoms with Gasteiger partial charge in [-0.3, -0.25) is 4.90 Å². The summed E-state index contributed by atoms with van der Waals surface area (Å²) in [5, 5.41) is 9.30. The van der Waals surface area contributed by atoms with Crippen LogP contribution in [0.15, 0.2) is 23.1 Å². The minimum absolute atomic E-state index is 0.0515. The van der Waals surface area contributed by atoms with E-state index in [4.69, 9.17) is 0 Å². The lowest BCUT2D eigenvalue weighted by Crippen LogP contribution is -2.45. The van der Waals surface area contributed by atoms with Gasteiger partial charge in [0.25, 0.3) is 0 Å². The van der Waals surface area contributed by atoms with Crippen molar-refractivity contribution in [3.63, 3.8) is 0 Å². The summed E-state index contributed by atoms with van der Waals surface area (Å²) in [5.41, 5.74) is 0. The summed E-state index contributed by atoms with van der Waals surface area (Å²) in [7, 11) is -3.87. The van der Waals surface area contributed by atoms with Gasteiger partial charge in [-0.25, -0.2) is 21.9 Å². The maximum atomic E-state index is 13.1. The predicted octanol–water partition coefficient (Wildman–Crippen LogP) is 1.09. The van der Waals surface area contributed by atoms with Gasteiger partial charge < -0.3 is 5.11 Å². The lowest BCUT2D eigenvalue weighted by Gasteiger charge is -2.34. The third-order valence-electron chi connectivity index (χ3n) is 3.85. The molecule has 0 saturated carbocycles. The van der Waals surface area contributed by atoms with Crippen molar-refractivity contribution in [2.75, 3.05) is 26.2 Å². The molecule has 2 N–H and O–H groups in total. The Bertz CT molecular complexity index is 610. The summed E-state index contributed by atoms with van der Waals surface area (Å²) >= 11 is 0. The first-order valence-electron chi connectivity index (χ1n) is 7.23. The van der Waals surface area contributed by atoms with Crippen LogP contribution in [0.3, 0.4) is 0 Å². The number of sulfonamides is 1. The molecule has 0 radical (unpaired) electrons. The normalized spacial score (nSPS) is 20.2. The van der Waals surface area contributed by atoms with Crippen molar-refractivity contribution < 1.29 is 22.3 Å². The third-order valence-corrected chi connectivity index (χ3v) is 5.31. The molecule has 124 valence electrons. The number of aliphatic hydroxyl groups excluding tert-OH is 1. The second kappa shape index (κ2) is 7.45. The Morgan fingerprint density at radius 3 is 2.73 bits per heavy atom. The molecule has 0 amide bonds. The summed E-state index contributed by atoms with van der Waals surface area (Å²) in [5.74, 6) is -2.28. The number of piperidine rings is 1. The third kappa shape index (κ3) is 4.22. The molecule has 8 heteroatoms. The molecule has 1 aliphatic heterocycles. The van der Waals surface area contributed by atoms with Crippen LogP contribution >= 0.6 is 0 Å². The van der Waals surface area contributed by atoms with Gasteiger partial charge in [0.05, 0.1) is 11.5 Å². The first kappa shape index (κ1) is 17.3. The SMILES string of the molecule is O=S(=O)(NCCN1CCCC[C@H]1CO)c1ccc(F)c(F)c1. The van der Waals surface area contributed by atoms with Crippen molar-refractivity contribution in [2.45, 2.75) is 30.2 Å². The van der Waals surface area contributed by atoms with Gasteiger partial charge in [0.2, 0.25) is 10.0 Å². The average molecular weight is 334 g/mol. The van der Waals surface area contributed by atoms with E-state index in [1.165, 1.54) is 0 Å². The number of likely N-dealkylation sites (tertiary alicyclic amines) is 1. The van der Waals surface area contributed by atoms with Crippen LogP contribution in [0.25, 0.3) is 0 Å². The number of rotatable bonds is 6. The molecule has 2 rings (SSSR count). The molecule has 22 heavy (non-hydrogen) atoms. The molecule has 1 fully saturated rings. The largest absolute Gasteiger partial charge is 0.395 e. The standard InChI is InChI=1S/C14H20F2N2O3S/c15-13-5-4-12(9-14(13)16)22(20,21)17-6-8-18-7-2-1-3-11(18)10-19/h4-5,9,11,17,19H,1-3,6-8,10H2/t11-/m0/s1. The first-order valence-corrected chi connectivity index (χ1v) is 8.72. The predicted molar refractivity (Wildman–Crippen MR) is 77.8 cm³/mol. The van der Waals surface area contributed by atoms with Crippen LogP contribution in [-0.2, 0) is 10.0 Å². The van der Waals surface area contributed by atoms with E-state index >= 15 is 0 Å². The molecular weight excluding hydrogens is 314 g/mol. The highest BCUT2D eigenvalue weighted by molar-refractivity contribution is 7.89. The van der Waals surface area contributed by atoms with Crippen molar-refractivity contribution in [2.24, 2.45) is 0 Å². The molecular formula is C14H20F2N2O3S. The molecule has 1 aromatic carbocycles. The fourth-order valence-electron chi connectivity index (χ4n) is 2.61. The fourth-order valence-corrected chi connectivity index (χ4v) is 3.64. The van der Waals surface area contributed by atoms with Gasteiger partial charge in [-0.1, -0.05) is 6.42 Å². The summed E-state index contributed by atoms with van der Waals surface area (Å²) in [6.07, 6.45) is 2.97. The number of halogens is 2. The molecule has 1 atom stereocenters. The summed E-state index contributed by atoms with van der Waals surface area (Å²) in [6, 6.07) is 2.53. The Kier molecular flexibility index (Phi) is 5.85. The second-order valence-electron chi connectivity index (χ2n) is 5.34. The van der Waals surface area contributed by atoms with E-state index in [-0.39, 0.29) is 24.1 Å². The molecule has 0 aromatic heterocycles. The Morgan fingerprint density at radius 2 is 2.05 bits per heavy atom. The Hall–Kier alpha value is -1.09. The summed E-state index contributed by atoms with van der Waals surface area (Å²) < 4.78 is 52.4. The molecule has 5 nitrogen and oxygen atoms in total. The highest BCUT2D eigenvalue weighted by atomic mass is 32.2. The van der Waals surface area contributed by atoms with E-state index < -0.39 is 21.7 Å². The van der Waals surface area contributed by atoms with Gasteiger partial charge in [-0.2, -0.15) is 0 Å². The summed E-state index contributed by atoms with van der Waals surface area (Å²) in [4.78, 5) is 1.74. The molecule has 0 aliphatic carbocycles. The van der Waals surface area contributed by atoms with Crippen molar-refractivity contribution >= 4 is 10.0 Å². The molecule has 1 aromatic rings. The highest BCUT2D eigenvalue weighted by Gasteiger charge is 2.22. The minimum atomic E-state index is -3.87. The fraction of sp³-hybridized carbons (Fsp3) is 0.571. The van der Waals surface area contributed by atoms with Crippen LogP contribution in [0.4, 0.5) is 8.78 Å². The van der Waals surface area contributed by atoms with Crippen LogP contribution in [0.2, 0.25) is 0 Å². The lowest BCUT2D eigenvalue weighted by atomic mass is 10.0. The number of nitrogens with zero attached hydrogens (tertiary/aromatic N) is 1. The van der Waals surface area contributed by atoms with Crippen LogP contribution in [0.1, 0.15) is 19.3 Å². The minimum Gasteiger partial charge on any atom is -0.395 e. The van der Waals surface area contributed by atoms with E-state index in [1.54, 1.807) is 0 Å². The number of benzene rings is 1. The Balaban J connectivity index is 1.93. The van der Waals surface area contributed by atoms with Gasteiger partial charge >= 0.3 is 0 Å². The Morgan fingerprint density at radius 1 is 1.27 bits per heavy atom. The van der Waals surface area contributed by atoms with Gasteiger partial charge in [0, 0.05) is 19.1 Å². The van der Waals surface area contributed by atoms with Crippen LogP contribution in [0.5, 0.6) is 0 Å². The molecule has 1 aliphatic rings. The van der Waals surface area contributed by atoms with E-state index in [0.29, 0.717) is 12.6 Å². The zero-order valence-corrected chi connectivity index (χ0v) is 13.0. The smallest absolute Gasteiger partial charge is 0.240 e. The van der Waals surface area contributed by atoms with Crippen LogP contribution in [-0.4, -0.2) is 50.7 Å². The molecule has 1 saturated heterocycles. The zero-order valence-electron chi connectivity index (χ0n) is 12.1. The highest BCUT2D eigenvalue weighted by Crippen LogP contribution is 2.16. The van der Waals surface area contributed by atoms with E-state index in [2.05, 4.69) is 4.72 Å².